The fourth-order valence-electron chi connectivity index (χ4n) is 3.74. The Morgan fingerprint density at radius 3 is 2.36 bits per heavy atom. The average Bonchev–Trinajstić information content (AvgIpc) is 2.90. The number of aryl methyl sites for hydroxylation is 1. The van der Waals surface area contributed by atoms with Gasteiger partial charge in [0.15, 0.2) is 0 Å². The Morgan fingerprint density at radius 2 is 1.69 bits per heavy atom. The standard InChI is InChI=1S/C30H37FN2O3/c1-4-6-7-8-9-10-11-23-12-17-26(27(31)18-23)30(34)36-29-20-32-28(19-33-29)24-13-15-25(16-14-24)35-21-22(3)5-2/h12-20,22H,4-11,21H2,1-3H3/t22-/m0/s1. The van der Waals surface area contributed by atoms with E-state index in [2.05, 4.69) is 30.7 Å². The van der Waals surface area contributed by atoms with Crippen molar-refractivity contribution in [3.8, 4) is 22.9 Å². The molecule has 0 aliphatic heterocycles. The van der Waals surface area contributed by atoms with Gasteiger partial charge in [0, 0.05) is 5.56 Å². The molecule has 0 spiro atoms. The van der Waals surface area contributed by atoms with Crippen LogP contribution in [0, 0.1) is 11.7 Å². The van der Waals surface area contributed by atoms with Crippen LogP contribution in [-0.2, 0) is 6.42 Å². The summed E-state index contributed by atoms with van der Waals surface area (Å²) in [5.74, 6) is -0.0418. The van der Waals surface area contributed by atoms with Crippen LogP contribution in [0.25, 0.3) is 11.3 Å². The number of aromatic nitrogens is 2. The van der Waals surface area contributed by atoms with Crippen LogP contribution in [0.2, 0.25) is 0 Å². The minimum atomic E-state index is -0.788. The maximum Gasteiger partial charge on any atom is 0.347 e. The Hall–Kier alpha value is -3.28. The van der Waals surface area contributed by atoms with Crippen LogP contribution in [0.4, 0.5) is 4.39 Å². The molecule has 2 aromatic carbocycles. The third kappa shape index (κ3) is 8.43. The van der Waals surface area contributed by atoms with E-state index in [0.717, 1.165) is 42.6 Å². The van der Waals surface area contributed by atoms with Crippen LogP contribution in [0.15, 0.2) is 54.9 Å². The monoisotopic (exact) mass is 492 g/mol. The molecule has 0 aliphatic carbocycles. The second-order valence-corrected chi connectivity index (χ2v) is 9.31. The van der Waals surface area contributed by atoms with Crippen molar-refractivity contribution in [2.45, 2.75) is 72.1 Å². The molecule has 0 amide bonds. The molecule has 192 valence electrons. The summed E-state index contributed by atoms with van der Waals surface area (Å²) in [4.78, 5) is 21.0. The van der Waals surface area contributed by atoms with Gasteiger partial charge < -0.3 is 9.47 Å². The molecule has 1 heterocycles. The number of carbonyl (C=O) groups excluding carboxylic acids is 1. The zero-order valence-corrected chi connectivity index (χ0v) is 21.6. The van der Waals surface area contributed by atoms with Crippen LogP contribution in [0.5, 0.6) is 11.6 Å². The highest BCUT2D eigenvalue weighted by Gasteiger charge is 2.16. The summed E-state index contributed by atoms with van der Waals surface area (Å²) >= 11 is 0. The normalized spacial score (nSPS) is 11.8. The topological polar surface area (TPSA) is 61.3 Å². The lowest BCUT2D eigenvalue weighted by atomic mass is 10.0. The van der Waals surface area contributed by atoms with E-state index in [1.807, 2.05) is 24.3 Å². The first-order chi connectivity index (χ1) is 17.5. The van der Waals surface area contributed by atoms with Gasteiger partial charge in [-0.15, -0.1) is 0 Å². The molecule has 3 aromatic rings. The van der Waals surface area contributed by atoms with Crippen molar-refractivity contribution in [3.05, 3.63) is 71.8 Å². The van der Waals surface area contributed by atoms with Gasteiger partial charge in [-0.3, -0.25) is 0 Å². The average molecular weight is 493 g/mol. The van der Waals surface area contributed by atoms with Crippen molar-refractivity contribution in [2.75, 3.05) is 6.61 Å². The molecule has 0 aliphatic rings. The third-order valence-corrected chi connectivity index (χ3v) is 6.28. The number of hydrogen-bond acceptors (Lipinski definition) is 5. The molecule has 0 saturated heterocycles. The van der Waals surface area contributed by atoms with Crippen LogP contribution < -0.4 is 9.47 Å². The van der Waals surface area contributed by atoms with Crippen molar-refractivity contribution in [1.29, 1.82) is 0 Å². The van der Waals surface area contributed by atoms with Crippen molar-refractivity contribution in [1.82, 2.24) is 9.97 Å². The van der Waals surface area contributed by atoms with Gasteiger partial charge in [0.25, 0.3) is 0 Å². The van der Waals surface area contributed by atoms with E-state index < -0.39 is 11.8 Å². The molecule has 0 radical (unpaired) electrons. The maximum atomic E-state index is 14.6. The minimum absolute atomic E-state index is 0.0211. The van der Waals surface area contributed by atoms with Crippen LogP contribution in [-0.4, -0.2) is 22.5 Å². The lowest BCUT2D eigenvalue weighted by Crippen LogP contribution is -2.12. The molecule has 0 saturated carbocycles. The number of benzene rings is 2. The van der Waals surface area contributed by atoms with Gasteiger partial charge in [0.1, 0.15) is 11.6 Å². The SMILES string of the molecule is CCCCCCCCc1ccc(C(=O)Oc2cnc(-c3ccc(OC[C@@H](C)CC)cc3)cn2)c(F)c1. The summed E-state index contributed by atoms with van der Waals surface area (Å²) in [5.41, 5.74) is 2.28. The molecular formula is C30H37FN2O3. The van der Waals surface area contributed by atoms with E-state index in [1.54, 1.807) is 6.07 Å². The molecule has 36 heavy (non-hydrogen) atoms. The molecule has 0 unspecified atom stereocenters. The molecule has 3 rings (SSSR count). The van der Waals surface area contributed by atoms with Crippen LogP contribution in [0.3, 0.4) is 0 Å². The van der Waals surface area contributed by atoms with Crippen molar-refractivity contribution in [3.63, 3.8) is 0 Å². The first-order valence-corrected chi connectivity index (χ1v) is 13.1. The van der Waals surface area contributed by atoms with Crippen LogP contribution in [0.1, 0.15) is 81.6 Å². The number of ether oxygens (including phenoxy) is 2. The zero-order valence-electron chi connectivity index (χ0n) is 21.6. The molecule has 5 nitrogen and oxygen atoms in total. The second kappa shape index (κ2) is 14.3. The molecule has 1 aromatic heterocycles. The van der Waals surface area contributed by atoms with Gasteiger partial charge >= 0.3 is 5.97 Å². The van der Waals surface area contributed by atoms with Gasteiger partial charge in [-0.25, -0.2) is 19.2 Å². The van der Waals surface area contributed by atoms with Gasteiger partial charge in [-0.05, 0) is 60.7 Å². The first kappa shape index (κ1) is 27.3. The number of hydrogen-bond donors (Lipinski definition) is 0. The summed E-state index contributed by atoms with van der Waals surface area (Å²) in [6.45, 7) is 7.17. The lowest BCUT2D eigenvalue weighted by molar-refractivity contribution is 0.0722. The summed E-state index contributed by atoms with van der Waals surface area (Å²) < 4.78 is 25.6. The molecular weight excluding hydrogens is 455 g/mol. The Balaban J connectivity index is 1.52. The Morgan fingerprint density at radius 1 is 0.944 bits per heavy atom. The van der Waals surface area contributed by atoms with Crippen molar-refractivity contribution >= 4 is 5.97 Å². The molecule has 0 fully saturated rings. The molecule has 1 atom stereocenters. The molecule has 0 N–H and O–H groups in total. The smallest absolute Gasteiger partial charge is 0.347 e. The Bertz CT molecular complexity index is 1080. The van der Waals surface area contributed by atoms with Crippen LogP contribution >= 0.6 is 0 Å². The largest absolute Gasteiger partial charge is 0.493 e. The number of halogens is 1. The quantitative estimate of drug-likeness (QED) is 0.169. The van der Waals surface area contributed by atoms with Gasteiger partial charge in [0.2, 0.25) is 5.88 Å². The lowest BCUT2D eigenvalue weighted by Gasteiger charge is -2.11. The first-order valence-electron chi connectivity index (χ1n) is 13.1. The predicted molar refractivity (Wildman–Crippen MR) is 141 cm³/mol. The highest BCUT2D eigenvalue weighted by atomic mass is 19.1. The highest BCUT2D eigenvalue weighted by Crippen LogP contribution is 2.22. The van der Waals surface area contributed by atoms with E-state index in [1.165, 1.54) is 50.2 Å². The number of nitrogens with zero attached hydrogens (tertiary/aromatic N) is 2. The predicted octanol–water partition coefficient (Wildman–Crippen LogP) is 7.83. The highest BCUT2D eigenvalue weighted by molar-refractivity contribution is 5.91. The van der Waals surface area contributed by atoms with E-state index in [0.29, 0.717) is 18.2 Å². The van der Waals surface area contributed by atoms with Crippen molar-refractivity contribution in [2.24, 2.45) is 5.92 Å². The Labute approximate surface area is 214 Å². The van der Waals surface area contributed by atoms with E-state index in [9.17, 15) is 9.18 Å². The fraction of sp³-hybridized carbons (Fsp3) is 0.433. The summed E-state index contributed by atoms with van der Waals surface area (Å²) in [5, 5.41) is 0. The van der Waals surface area contributed by atoms with Gasteiger partial charge in [0.05, 0.1) is 30.3 Å². The fourth-order valence-corrected chi connectivity index (χ4v) is 3.74. The van der Waals surface area contributed by atoms with Gasteiger partial charge in [-0.1, -0.05) is 65.4 Å². The second-order valence-electron chi connectivity index (χ2n) is 9.31. The van der Waals surface area contributed by atoms with E-state index in [4.69, 9.17) is 9.47 Å². The van der Waals surface area contributed by atoms with E-state index in [-0.39, 0.29) is 11.4 Å². The van der Waals surface area contributed by atoms with E-state index >= 15 is 0 Å². The minimum Gasteiger partial charge on any atom is -0.493 e. The summed E-state index contributed by atoms with van der Waals surface area (Å²) in [7, 11) is 0. The molecule has 6 heteroatoms. The van der Waals surface area contributed by atoms with Gasteiger partial charge in [-0.2, -0.15) is 0 Å². The number of esters is 1. The molecule has 0 bridgehead atoms. The third-order valence-electron chi connectivity index (χ3n) is 6.28. The zero-order chi connectivity index (χ0) is 25.8. The summed E-state index contributed by atoms with van der Waals surface area (Å²) in [6.07, 6.45) is 11.9. The number of rotatable bonds is 14. The number of carbonyl (C=O) groups is 1. The van der Waals surface area contributed by atoms with Crippen molar-refractivity contribution < 1.29 is 18.7 Å². The number of unbranched alkanes of at least 4 members (excludes halogenated alkanes) is 5. The Kier molecular flexibility index (Phi) is 10.9. The maximum absolute atomic E-state index is 14.6. The summed E-state index contributed by atoms with van der Waals surface area (Å²) in [6, 6.07) is 12.3.